The molecule has 16 heavy (non-hydrogen) atoms. The number of carbonyl (C=O) groups excluding carboxylic acids is 1. The molecule has 86 valence electrons. The van der Waals surface area contributed by atoms with Crippen LogP contribution in [0.25, 0.3) is 0 Å². The molecule has 1 N–H and O–H groups in total. The molecular formula is C13H18N2O. The summed E-state index contributed by atoms with van der Waals surface area (Å²) in [7, 11) is 1.69. The lowest BCUT2D eigenvalue weighted by Gasteiger charge is -2.32. The van der Waals surface area contributed by atoms with Crippen molar-refractivity contribution in [3.63, 3.8) is 0 Å². The van der Waals surface area contributed by atoms with Gasteiger partial charge in [-0.3, -0.25) is 9.69 Å². The minimum atomic E-state index is -0.0432. The van der Waals surface area contributed by atoms with Crippen molar-refractivity contribution in [3.8, 4) is 0 Å². The van der Waals surface area contributed by atoms with Gasteiger partial charge in [-0.25, -0.2) is 0 Å². The molecule has 1 aliphatic heterocycles. The van der Waals surface area contributed by atoms with Crippen LogP contribution in [-0.2, 0) is 17.8 Å². The van der Waals surface area contributed by atoms with Crippen molar-refractivity contribution in [1.29, 1.82) is 0 Å². The number of likely N-dealkylation sites (N-methyl/N-ethyl adjacent to an activating group) is 1. The Kier molecular flexibility index (Phi) is 3.25. The Labute approximate surface area is 96.5 Å². The zero-order valence-corrected chi connectivity index (χ0v) is 9.86. The fourth-order valence-electron chi connectivity index (χ4n) is 2.22. The highest BCUT2D eigenvalue weighted by Crippen LogP contribution is 2.20. The first kappa shape index (κ1) is 11.1. The van der Waals surface area contributed by atoms with E-state index in [1.165, 1.54) is 11.1 Å². The molecule has 0 saturated carbocycles. The maximum atomic E-state index is 11.6. The topological polar surface area (TPSA) is 32.3 Å². The number of amides is 1. The van der Waals surface area contributed by atoms with E-state index in [9.17, 15) is 4.79 Å². The van der Waals surface area contributed by atoms with Crippen LogP contribution in [0.5, 0.6) is 0 Å². The smallest absolute Gasteiger partial charge is 0.236 e. The molecular weight excluding hydrogens is 200 g/mol. The molecule has 0 saturated heterocycles. The van der Waals surface area contributed by atoms with Gasteiger partial charge in [0.25, 0.3) is 0 Å². The van der Waals surface area contributed by atoms with E-state index in [4.69, 9.17) is 0 Å². The summed E-state index contributed by atoms with van der Waals surface area (Å²) in [6, 6.07) is 8.43. The summed E-state index contributed by atoms with van der Waals surface area (Å²) in [5, 5.41) is 2.71. The Morgan fingerprint density at radius 2 is 2.06 bits per heavy atom. The van der Waals surface area contributed by atoms with Gasteiger partial charge in [0.05, 0.1) is 6.04 Å². The summed E-state index contributed by atoms with van der Waals surface area (Å²) in [6.45, 7) is 3.81. The van der Waals surface area contributed by atoms with Gasteiger partial charge < -0.3 is 5.32 Å². The first-order valence-electron chi connectivity index (χ1n) is 5.75. The molecule has 1 aromatic rings. The molecule has 1 atom stereocenters. The Hall–Kier alpha value is -1.35. The van der Waals surface area contributed by atoms with Gasteiger partial charge in [0.2, 0.25) is 5.91 Å². The van der Waals surface area contributed by atoms with E-state index in [-0.39, 0.29) is 11.9 Å². The predicted octanol–water partition coefficient (Wildman–Crippen LogP) is 1.18. The van der Waals surface area contributed by atoms with Crippen molar-refractivity contribution in [3.05, 3.63) is 35.4 Å². The molecule has 0 bridgehead atoms. The normalized spacial score (nSPS) is 17.6. The van der Waals surface area contributed by atoms with Crippen molar-refractivity contribution in [2.24, 2.45) is 0 Å². The molecule has 1 aliphatic rings. The summed E-state index contributed by atoms with van der Waals surface area (Å²) in [5.74, 6) is 0.0966. The van der Waals surface area contributed by atoms with Crippen LogP contribution >= 0.6 is 0 Å². The third-order valence-corrected chi connectivity index (χ3v) is 3.33. The van der Waals surface area contributed by atoms with Gasteiger partial charge in [-0.05, 0) is 24.5 Å². The molecule has 0 aliphatic carbocycles. The zero-order valence-electron chi connectivity index (χ0n) is 9.86. The minimum Gasteiger partial charge on any atom is -0.358 e. The lowest BCUT2D eigenvalue weighted by Crippen LogP contribution is -2.46. The van der Waals surface area contributed by atoms with Crippen LogP contribution in [0.2, 0.25) is 0 Å². The van der Waals surface area contributed by atoms with E-state index in [2.05, 4.69) is 34.5 Å². The number of nitrogens with one attached hydrogen (secondary N) is 1. The lowest BCUT2D eigenvalue weighted by molar-refractivity contribution is -0.125. The summed E-state index contributed by atoms with van der Waals surface area (Å²) in [4.78, 5) is 13.8. The van der Waals surface area contributed by atoms with Crippen LogP contribution in [0, 0.1) is 0 Å². The SMILES string of the molecule is CNC(=O)[C@@H](C)N1CCc2ccccc2C1. The molecule has 0 unspecified atom stereocenters. The van der Waals surface area contributed by atoms with Crippen molar-refractivity contribution >= 4 is 5.91 Å². The van der Waals surface area contributed by atoms with E-state index < -0.39 is 0 Å². The number of benzene rings is 1. The molecule has 1 aromatic carbocycles. The van der Waals surface area contributed by atoms with Gasteiger partial charge >= 0.3 is 0 Å². The van der Waals surface area contributed by atoms with E-state index in [1.54, 1.807) is 7.05 Å². The fourth-order valence-corrected chi connectivity index (χ4v) is 2.22. The molecule has 3 heteroatoms. The van der Waals surface area contributed by atoms with E-state index in [0.29, 0.717) is 0 Å². The number of carbonyl (C=O) groups is 1. The van der Waals surface area contributed by atoms with Gasteiger partial charge in [0.1, 0.15) is 0 Å². The highest BCUT2D eigenvalue weighted by molar-refractivity contribution is 5.81. The maximum absolute atomic E-state index is 11.6. The second-order valence-electron chi connectivity index (χ2n) is 4.28. The molecule has 1 heterocycles. The predicted molar refractivity (Wildman–Crippen MR) is 64.1 cm³/mol. The van der Waals surface area contributed by atoms with Crippen molar-refractivity contribution in [2.75, 3.05) is 13.6 Å². The standard InChI is InChI=1S/C13H18N2O/c1-10(13(16)14-2)15-8-7-11-5-3-4-6-12(11)9-15/h3-6,10H,7-9H2,1-2H3,(H,14,16)/t10-/m1/s1. The summed E-state index contributed by atoms with van der Waals surface area (Å²) in [6.07, 6.45) is 1.04. The van der Waals surface area contributed by atoms with E-state index in [0.717, 1.165) is 19.5 Å². The van der Waals surface area contributed by atoms with Gasteiger partial charge in [0, 0.05) is 20.1 Å². The first-order chi connectivity index (χ1) is 7.72. The molecule has 0 spiro atoms. The average molecular weight is 218 g/mol. The first-order valence-corrected chi connectivity index (χ1v) is 5.75. The third kappa shape index (κ3) is 2.09. The van der Waals surface area contributed by atoms with Crippen LogP contribution in [0.1, 0.15) is 18.1 Å². The molecule has 1 amide bonds. The molecule has 0 radical (unpaired) electrons. The molecule has 3 nitrogen and oxygen atoms in total. The van der Waals surface area contributed by atoms with Gasteiger partial charge in [0.15, 0.2) is 0 Å². The van der Waals surface area contributed by atoms with Crippen LogP contribution in [-0.4, -0.2) is 30.4 Å². The molecule has 0 fully saturated rings. The number of rotatable bonds is 2. The van der Waals surface area contributed by atoms with Crippen LogP contribution in [0.3, 0.4) is 0 Å². The average Bonchev–Trinajstić information content (AvgIpc) is 2.36. The number of fused-ring (bicyclic) bond motifs is 1. The van der Waals surface area contributed by atoms with Crippen LogP contribution < -0.4 is 5.32 Å². The number of hydrogen-bond donors (Lipinski definition) is 1. The minimum absolute atomic E-state index is 0.0432. The van der Waals surface area contributed by atoms with Gasteiger partial charge in [-0.2, -0.15) is 0 Å². The summed E-state index contributed by atoms with van der Waals surface area (Å²) in [5.41, 5.74) is 2.77. The Morgan fingerprint density at radius 1 is 1.38 bits per heavy atom. The van der Waals surface area contributed by atoms with Crippen LogP contribution in [0.15, 0.2) is 24.3 Å². The van der Waals surface area contributed by atoms with Crippen LogP contribution in [0.4, 0.5) is 0 Å². The summed E-state index contributed by atoms with van der Waals surface area (Å²) >= 11 is 0. The van der Waals surface area contributed by atoms with Crippen molar-refractivity contribution < 1.29 is 4.79 Å². The Balaban J connectivity index is 2.10. The van der Waals surface area contributed by atoms with Crippen molar-refractivity contribution in [2.45, 2.75) is 25.9 Å². The quantitative estimate of drug-likeness (QED) is 0.808. The largest absolute Gasteiger partial charge is 0.358 e. The highest BCUT2D eigenvalue weighted by Gasteiger charge is 2.24. The Bertz CT molecular complexity index is 389. The highest BCUT2D eigenvalue weighted by atomic mass is 16.2. The number of nitrogens with zero attached hydrogens (tertiary/aromatic N) is 1. The zero-order chi connectivity index (χ0) is 11.5. The van der Waals surface area contributed by atoms with E-state index in [1.807, 2.05) is 6.92 Å². The lowest BCUT2D eigenvalue weighted by atomic mass is 9.99. The van der Waals surface area contributed by atoms with Gasteiger partial charge in [-0.15, -0.1) is 0 Å². The molecule has 0 aromatic heterocycles. The second-order valence-corrected chi connectivity index (χ2v) is 4.28. The second kappa shape index (κ2) is 4.66. The Morgan fingerprint density at radius 3 is 2.75 bits per heavy atom. The summed E-state index contributed by atoms with van der Waals surface area (Å²) < 4.78 is 0. The number of hydrogen-bond acceptors (Lipinski definition) is 2. The fraction of sp³-hybridized carbons (Fsp3) is 0.462. The maximum Gasteiger partial charge on any atom is 0.236 e. The molecule has 2 rings (SSSR count). The van der Waals surface area contributed by atoms with E-state index >= 15 is 0 Å². The monoisotopic (exact) mass is 218 g/mol. The van der Waals surface area contributed by atoms with Crippen molar-refractivity contribution in [1.82, 2.24) is 10.2 Å². The van der Waals surface area contributed by atoms with Gasteiger partial charge in [-0.1, -0.05) is 24.3 Å². The third-order valence-electron chi connectivity index (χ3n) is 3.33.